The summed E-state index contributed by atoms with van der Waals surface area (Å²) >= 11 is 1.62. The Morgan fingerprint density at radius 1 is 1.36 bits per heavy atom. The molecule has 5 heteroatoms. The van der Waals surface area contributed by atoms with Crippen LogP contribution < -0.4 is 0 Å². The topological polar surface area (TPSA) is 49.8 Å². The fraction of sp³-hybridized carbons (Fsp3) is 0.471. The Kier molecular flexibility index (Phi) is 3.65. The van der Waals surface area contributed by atoms with Crippen LogP contribution in [-0.4, -0.2) is 34.8 Å². The molecule has 2 aliphatic heterocycles. The van der Waals surface area contributed by atoms with Gasteiger partial charge in [-0.3, -0.25) is 0 Å². The summed E-state index contributed by atoms with van der Waals surface area (Å²) in [6.45, 7) is 6.33. The van der Waals surface area contributed by atoms with E-state index in [0.29, 0.717) is 13.0 Å². The highest BCUT2D eigenvalue weighted by molar-refractivity contribution is 7.13. The molecule has 1 fully saturated rings. The summed E-state index contributed by atoms with van der Waals surface area (Å²) in [4.78, 5) is 14.9. The minimum Gasteiger partial charge on any atom is -0.444 e. The zero-order valence-corrected chi connectivity index (χ0v) is 13.9. The second kappa shape index (κ2) is 5.25. The lowest BCUT2D eigenvalue weighted by Gasteiger charge is -2.26. The van der Waals surface area contributed by atoms with Gasteiger partial charge in [0.25, 0.3) is 0 Å². The third kappa shape index (κ3) is 2.83. The zero-order valence-electron chi connectivity index (χ0n) is 13.1. The molecule has 1 aliphatic carbocycles. The van der Waals surface area contributed by atoms with Crippen LogP contribution in [0.2, 0.25) is 0 Å². The summed E-state index contributed by atoms with van der Waals surface area (Å²) < 4.78 is 5.40. The average molecular weight is 319 g/mol. The lowest BCUT2D eigenvalue weighted by Crippen LogP contribution is -2.38. The largest absolute Gasteiger partial charge is 0.444 e. The van der Waals surface area contributed by atoms with Crippen LogP contribution in [0.4, 0.5) is 4.79 Å². The van der Waals surface area contributed by atoms with Gasteiger partial charge in [-0.1, -0.05) is 24.3 Å². The molecule has 0 aromatic rings. The van der Waals surface area contributed by atoms with E-state index in [4.69, 9.17) is 4.74 Å². The number of hydrogen-bond acceptors (Lipinski definition) is 4. The van der Waals surface area contributed by atoms with Crippen molar-refractivity contribution in [1.29, 1.82) is 0 Å². The van der Waals surface area contributed by atoms with E-state index in [2.05, 4.69) is 0 Å². The number of nitrogens with zero attached hydrogens (tertiary/aromatic N) is 1. The van der Waals surface area contributed by atoms with E-state index < -0.39 is 11.2 Å². The second-order valence-corrected chi connectivity index (χ2v) is 7.74. The van der Waals surface area contributed by atoms with E-state index in [0.717, 1.165) is 16.0 Å². The van der Waals surface area contributed by atoms with E-state index in [1.165, 1.54) is 0 Å². The van der Waals surface area contributed by atoms with Crippen molar-refractivity contribution in [3.63, 3.8) is 0 Å². The highest BCUT2D eigenvalue weighted by Crippen LogP contribution is 2.42. The summed E-state index contributed by atoms with van der Waals surface area (Å²) in [6, 6.07) is 8.04. The molecule has 0 spiro atoms. The van der Waals surface area contributed by atoms with Gasteiger partial charge in [-0.15, -0.1) is 11.3 Å². The first-order chi connectivity index (χ1) is 10.3. The zero-order chi connectivity index (χ0) is 16.0. The smallest absolute Gasteiger partial charge is 0.410 e. The van der Waals surface area contributed by atoms with E-state index >= 15 is 0 Å². The third-order valence-corrected chi connectivity index (χ3v) is 4.86. The van der Waals surface area contributed by atoms with Gasteiger partial charge in [-0.2, -0.15) is 0 Å². The van der Waals surface area contributed by atoms with Crippen molar-refractivity contribution >= 4 is 17.4 Å². The first-order valence-corrected chi connectivity index (χ1v) is 8.33. The van der Waals surface area contributed by atoms with Crippen LogP contribution in [0.15, 0.2) is 29.6 Å². The number of carbonyl (C=O) groups excluding carboxylic acids is 1. The Balaban J connectivity index is 1.80. The molecule has 22 heavy (non-hydrogen) atoms. The first kappa shape index (κ1) is 15.3. The van der Waals surface area contributed by atoms with E-state index in [1.807, 2.05) is 50.4 Å². The molecule has 1 N–H and O–H groups in total. The van der Waals surface area contributed by atoms with Gasteiger partial charge in [0.05, 0.1) is 6.54 Å². The fourth-order valence-electron chi connectivity index (χ4n) is 2.86. The molecule has 3 rings (SSSR count). The molecule has 118 valence electrons. The van der Waals surface area contributed by atoms with Crippen LogP contribution in [-0.2, 0) is 10.3 Å². The van der Waals surface area contributed by atoms with Crippen LogP contribution >= 0.6 is 11.3 Å². The SMILES string of the molecule is CC(C)(C)OC(=O)N1CCC(O)(c2ccc3cccsc2-3)C1. The molecule has 2 heterocycles. The van der Waals surface area contributed by atoms with Crippen LogP contribution in [0.5, 0.6) is 0 Å². The van der Waals surface area contributed by atoms with Gasteiger partial charge in [0.15, 0.2) is 0 Å². The molecular weight excluding hydrogens is 298 g/mol. The molecule has 1 atom stereocenters. The molecule has 0 aromatic carbocycles. The molecule has 3 aliphatic rings. The van der Waals surface area contributed by atoms with Gasteiger partial charge < -0.3 is 14.7 Å². The molecule has 4 nitrogen and oxygen atoms in total. The second-order valence-electron chi connectivity index (χ2n) is 6.83. The van der Waals surface area contributed by atoms with Crippen LogP contribution in [0.3, 0.4) is 0 Å². The molecule has 0 bridgehead atoms. The van der Waals surface area contributed by atoms with Crippen molar-refractivity contribution in [1.82, 2.24) is 4.90 Å². The molecule has 1 amide bonds. The maximum atomic E-state index is 12.2. The molecule has 0 radical (unpaired) electrons. The number of hydrogen-bond donors (Lipinski definition) is 1. The molecular formula is C17H21NO3S. The predicted octanol–water partition coefficient (Wildman–Crippen LogP) is 3.68. The molecule has 1 unspecified atom stereocenters. The van der Waals surface area contributed by atoms with Crippen LogP contribution in [0.1, 0.15) is 32.8 Å². The van der Waals surface area contributed by atoms with E-state index in [1.54, 1.807) is 16.2 Å². The number of likely N-dealkylation sites (tertiary alicyclic amines) is 1. The predicted molar refractivity (Wildman–Crippen MR) is 87.3 cm³/mol. The van der Waals surface area contributed by atoms with Crippen molar-refractivity contribution in [3.8, 4) is 10.4 Å². The number of ether oxygens (including phenoxy) is 1. The number of rotatable bonds is 1. The quantitative estimate of drug-likeness (QED) is 0.872. The standard InChI is InChI=1S/C17H21NO3S/c1-16(2,3)21-15(19)18-9-8-17(20,11-18)13-7-6-12-5-4-10-22-14(12)13/h4-7,10,20H,8-9,11H2,1-3H3. The molecule has 0 saturated carbocycles. The number of amides is 1. The summed E-state index contributed by atoms with van der Waals surface area (Å²) in [5, 5.41) is 13.0. The first-order valence-electron chi connectivity index (χ1n) is 7.46. The summed E-state index contributed by atoms with van der Waals surface area (Å²) in [5.41, 5.74) is 0.536. The van der Waals surface area contributed by atoms with Gasteiger partial charge >= 0.3 is 6.09 Å². The Morgan fingerprint density at radius 2 is 2.14 bits per heavy atom. The maximum Gasteiger partial charge on any atom is 0.410 e. The van der Waals surface area contributed by atoms with Crippen LogP contribution in [0.25, 0.3) is 10.4 Å². The van der Waals surface area contributed by atoms with Gasteiger partial charge in [0.2, 0.25) is 0 Å². The normalized spacial score (nSPS) is 22.3. The van der Waals surface area contributed by atoms with Crippen molar-refractivity contribution < 1.29 is 14.6 Å². The number of aliphatic hydroxyl groups is 1. The highest BCUT2D eigenvalue weighted by Gasteiger charge is 2.42. The Morgan fingerprint density at radius 3 is 2.86 bits per heavy atom. The lowest BCUT2D eigenvalue weighted by molar-refractivity contribution is 0.0143. The van der Waals surface area contributed by atoms with Crippen LogP contribution in [0, 0.1) is 0 Å². The van der Waals surface area contributed by atoms with Crippen molar-refractivity contribution in [3.05, 3.63) is 35.2 Å². The van der Waals surface area contributed by atoms with Crippen molar-refractivity contribution in [2.75, 3.05) is 13.1 Å². The maximum absolute atomic E-state index is 12.2. The Labute approximate surface area is 134 Å². The Hall–Kier alpha value is -1.59. The minimum absolute atomic E-state index is 0.280. The van der Waals surface area contributed by atoms with Gasteiger partial charge in [0, 0.05) is 17.0 Å². The number of β-amino-alcohol motifs (C(OH)–C–C–N with tert-alkyl or cyclic N) is 1. The van der Waals surface area contributed by atoms with E-state index in [-0.39, 0.29) is 12.6 Å². The Bertz CT molecular complexity index is 660. The molecule has 1 saturated heterocycles. The van der Waals surface area contributed by atoms with Gasteiger partial charge in [0.1, 0.15) is 11.2 Å². The third-order valence-electron chi connectivity index (χ3n) is 3.88. The number of fused-ring (bicyclic) bond motifs is 1. The number of carbonyl (C=O) groups is 1. The summed E-state index contributed by atoms with van der Waals surface area (Å²) in [6.07, 6.45) is 0.176. The lowest BCUT2D eigenvalue weighted by atomic mass is 9.94. The minimum atomic E-state index is -0.990. The fourth-order valence-corrected chi connectivity index (χ4v) is 3.81. The van der Waals surface area contributed by atoms with Gasteiger partial charge in [-0.05, 0) is 38.1 Å². The average Bonchev–Trinajstić information content (AvgIpc) is 3.01. The summed E-state index contributed by atoms with van der Waals surface area (Å²) in [7, 11) is 0. The van der Waals surface area contributed by atoms with Crippen molar-refractivity contribution in [2.45, 2.75) is 38.4 Å². The molecule has 0 aromatic heterocycles. The monoisotopic (exact) mass is 319 g/mol. The summed E-state index contributed by atoms with van der Waals surface area (Å²) in [5.74, 6) is 0. The van der Waals surface area contributed by atoms with Crippen molar-refractivity contribution in [2.24, 2.45) is 0 Å². The van der Waals surface area contributed by atoms with E-state index in [9.17, 15) is 9.90 Å². The van der Waals surface area contributed by atoms with Gasteiger partial charge in [-0.25, -0.2) is 4.79 Å². The highest BCUT2D eigenvalue weighted by atomic mass is 32.1.